The summed E-state index contributed by atoms with van der Waals surface area (Å²) >= 11 is 3.54. The molecule has 2 rings (SSSR count). The van der Waals surface area contributed by atoms with Gasteiger partial charge in [-0.1, -0.05) is 0 Å². The Hall–Kier alpha value is -0.710. The highest BCUT2D eigenvalue weighted by Crippen LogP contribution is 2.34. The first-order chi connectivity index (χ1) is 7.58. The van der Waals surface area contributed by atoms with Crippen molar-refractivity contribution in [3.63, 3.8) is 0 Å². The normalized spacial score (nSPS) is 13.0. The number of aromatic nitrogens is 1. The Bertz CT molecular complexity index is 483. The number of hydrogen-bond acceptors (Lipinski definition) is 4. The van der Waals surface area contributed by atoms with Crippen molar-refractivity contribution in [2.75, 3.05) is 0 Å². The van der Waals surface area contributed by atoms with E-state index in [1.165, 1.54) is 15.3 Å². The molecule has 2 N–H and O–H groups in total. The van der Waals surface area contributed by atoms with Crippen molar-refractivity contribution in [1.29, 1.82) is 0 Å². The van der Waals surface area contributed by atoms with E-state index in [0.29, 0.717) is 0 Å². The van der Waals surface area contributed by atoms with Crippen LogP contribution < -0.4 is 5.73 Å². The lowest BCUT2D eigenvalue weighted by molar-refractivity contribution is 0.742. The van der Waals surface area contributed by atoms with Gasteiger partial charge < -0.3 is 5.73 Å². The largest absolute Gasteiger partial charge is 0.328 e. The summed E-state index contributed by atoms with van der Waals surface area (Å²) in [5, 5.41) is 3.26. The second kappa shape index (κ2) is 4.65. The number of thiophene rings is 1. The zero-order chi connectivity index (χ0) is 11.7. The molecule has 0 aliphatic heterocycles. The third kappa shape index (κ3) is 2.34. The van der Waals surface area contributed by atoms with Gasteiger partial charge in [-0.05, 0) is 44.2 Å². The van der Waals surface area contributed by atoms with E-state index in [0.717, 1.165) is 17.1 Å². The maximum absolute atomic E-state index is 5.83. The molecular formula is C12H16N2S2. The van der Waals surface area contributed by atoms with E-state index in [9.17, 15) is 0 Å². The number of aryl methyl sites for hydroxylation is 2. The van der Waals surface area contributed by atoms with Crippen LogP contribution >= 0.6 is 22.7 Å². The maximum atomic E-state index is 5.83. The van der Waals surface area contributed by atoms with E-state index in [1.807, 2.05) is 6.92 Å². The molecule has 0 amide bonds. The molecule has 2 aromatic heterocycles. The topological polar surface area (TPSA) is 38.9 Å². The van der Waals surface area contributed by atoms with Gasteiger partial charge in [0, 0.05) is 10.9 Å². The highest BCUT2D eigenvalue weighted by atomic mass is 32.1. The lowest BCUT2D eigenvalue weighted by Gasteiger charge is -2.01. The molecule has 0 saturated carbocycles. The van der Waals surface area contributed by atoms with E-state index in [-0.39, 0.29) is 6.04 Å². The van der Waals surface area contributed by atoms with Crippen LogP contribution in [0, 0.1) is 13.8 Å². The molecule has 0 fully saturated rings. The minimum Gasteiger partial charge on any atom is -0.328 e. The fraction of sp³-hybridized carbons (Fsp3) is 0.417. The summed E-state index contributed by atoms with van der Waals surface area (Å²) in [4.78, 5) is 7.25. The molecule has 0 aliphatic rings. The molecule has 2 aromatic rings. The third-order valence-electron chi connectivity index (χ3n) is 2.46. The molecule has 86 valence electrons. The van der Waals surface area contributed by atoms with Crippen LogP contribution in [-0.2, 0) is 6.42 Å². The van der Waals surface area contributed by atoms with Crippen LogP contribution in [0.25, 0.3) is 9.88 Å². The lowest BCUT2D eigenvalue weighted by atomic mass is 10.2. The third-order valence-corrected chi connectivity index (χ3v) is 4.81. The summed E-state index contributed by atoms with van der Waals surface area (Å²) in [5.74, 6) is 0. The molecule has 1 unspecified atom stereocenters. The molecule has 1 atom stereocenters. The second-order valence-corrected chi connectivity index (χ2v) is 6.14. The first kappa shape index (κ1) is 11.8. The van der Waals surface area contributed by atoms with Crippen LogP contribution in [0.2, 0.25) is 0 Å². The van der Waals surface area contributed by atoms with Crippen molar-refractivity contribution in [2.24, 2.45) is 5.73 Å². The molecule has 2 nitrogen and oxygen atoms in total. The Morgan fingerprint density at radius 1 is 1.44 bits per heavy atom. The zero-order valence-electron chi connectivity index (χ0n) is 9.78. The SMILES string of the molecule is Cc1ccsc1-c1nc(C)c(CC(C)N)s1. The van der Waals surface area contributed by atoms with Crippen molar-refractivity contribution in [1.82, 2.24) is 4.98 Å². The van der Waals surface area contributed by atoms with Crippen molar-refractivity contribution in [2.45, 2.75) is 33.2 Å². The smallest absolute Gasteiger partial charge is 0.134 e. The summed E-state index contributed by atoms with van der Waals surface area (Å²) in [6, 6.07) is 2.35. The predicted molar refractivity (Wildman–Crippen MR) is 72.3 cm³/mol. The quantitative estimate of drug-likeness (QED) is 0.909. The molecule has 0 bridgehead atoms. The lowest BCUT2D eigenvalue weighted by Crippen LogP contribution is -2.17. The first-order valence-electron chi connectivity index (χ1n) is 5.34. The summed E-state index contributed by atoms with van der Waals surface area (Å²) in [6.07, 6.45) is 0.925. The molecule has 0 aromatic carbocycles. The molecule has 0 radical (unpaired) electrons. The fourth-order valence-corrected chi connectivity index (χ4v) is 3.89. The number of nitrogens with zero attached hydrogens (tertiary/aromatic N) is 1. The highest BCUT2D eigenvalue weighted by Gasteiger charge is 2.13. The molecular weight excluding hydrogens is 236 g/mol. The molecule has 4 heteroatoms. The summed E-state index contributed by atoms with van der Waals surface area (Å²) in [7, 11) is 0. The maximum Gasteiger partial charge on any atom is 0.134 e. The Morgan fingerprint density at radius 2 is 2.19 bits per heavy atom. The van der Waals surface area contributed by atoms with E-state index in [2.05, 4.69) is 30.3 Å². The van der Waals surface area contributed by atoms with Gasteiger partial charge in [0.25, 0.3) is 0 Å². The van der Waals surface area contributed by atoms with E-state index >= 15 is 0 Å². The van der Waals surface area contributed by atoms with Crippen molar-refractivity contribution in [3.05, 3.63) is 27.6 Å². The van der Waals surface area contributed by atoms with Crippen LogP contribution in [0.4, 0.5) is 0 Å². The van der Waals surface area contributed by atoms with Crippen LogP contribution in [0.15, 0.2) is 11.4 Å². The number of hydrogen-bond donors (Lipinski definition) is 1. The van der Waals surface area contributed by atoms with E-state index in [1.54, 1.807) is 22.7 Å². The van der Waals surface area contributed by atoms with Gasteiger partial charge in [-0.15, -0.1) is 22.7 Å². The first-order valence-corrected chi connectivity index (χ1v) is 7.04. The number of thiazole rings is 1. The zero-order valence-corrected chi connectivity index (χ0v) is 11.4. The van der Waals surface area contributed by atoms with Crippen molar-refractivity contribution in [3.8, 4) is 9.88 Å². The average Bonchev–Trinajstić information content (AvgIpc) is 2.73. The second-order valence-electron chi connectivity index (χ2n) is 4.14. The highest BCUT2D eigenvalue weighted by molar-refractivity contribution is 7.21. The van der Waals surface area contributed by atoms with Crippen LogP contribution in [0.1, 0.15) is 23.1 Å². The monoisotopic (exact) mass is 252 g/mol. The predicted octanol–water partition coefficient (Wildman–Crippen LogP) is 3.38. The van der Waals surface area contributed by atoms with Crippen LogP contribution in [0.3, 0.4) is 0 Å². The fourth-order valence-electron chi connectivity index (χ4n) is 1.60. The van der Waals surface area contributed by atoms with Gasteiger partial charge in [-0.3, -0.25) is 0 Å². The molecule has 2 heterocycles. The van der Waals surface area contributed by atoms with Gasteiger partial charge in [-0.2, -0.15) is 0 Å². The van der Waals surface area contributed by atoms with Gasteiger partial charge in [-0.25, -0.2) is 4.98 Å². The Morgan fingerprint density at radius 3 is 2.75 bits per heavy atom. The Balaban J connectivity index is 2.34. The van der Waals surface area contributed by atoms with Gasteiger partial charge in [0.15, 0.2) is 0 Å². The van der Waals surface area contributed by atoms with E-state index < -0.39 is 0 Å². The Labute approximate surface area is 104 Å². The molecule has 0 spiro atoms. The van der Waals surface area contributed by atoms with Gasteiger partial charge >= 0.3 is 0 Å². The van der Waals surface area contributed by atoms with Gasteiger partial charge in [0.1, 0.15) is 5.01 Å². The van der Waals surface area contributed by atoms with Gasteiger partial charge in [0.05, 0.1) is 10.6 Å². The summed E-state index contributed by atoms with van der Waals surface area (Å²) in [5.41, 5.74) is 8.27. The van der Waals surface area contributed by atoms with Crippen molar-refractivity contribution >= 4 is 22.7 Å². The van der Waals surface area contributed by atoms with Gasteiger partial charge in [0.2, 0.25) is 0 Å². The van der Waals surface area contributed by atoms with E-state index in [4.69, 9.17) is 5.73 Å². The van der Waals surface area contributed by atoms with Crippen molar-refractivity contribution < 1.29 is 0 Å². The summed E-state index contributed by atoms with van der Waals surface area (Å²) in [6.45, 7) is 6.24. The number of nitrogens with two attached hydrogens (primary N) is 1. The molecule has 0 aliphatic carbocycles. The Kier molecular flexibility index (Phi) is 3.42. The standard InChI is InChI=1S/C12H16N2S2/c1-7-4-5-15-11(7)12-14-9(3)10(16-12)6-8(2)13/h4-5,8H,6,13H2,1-3H3. The minimum absolute atomic E-state index is 0.205. The minimum atomic E-state index is 0.205. The van der Waals surface area contributed by atoms with Crippen LogP contribution in [-0.4, -0.2) is 11.0 Å². The number of rotatable bonds is 3. The molecule has 16 heavy (non-hydrogen) atoms. The van der Waals surface area contributed by atoms with Crippen LogP contribution in [0.5, 0.6) is 0 Å². The summed E-state index contributed by atoms with van der Waals surface area (Å²) < 4.78 is 0. The molecule has 0 saturated heterocycles. The average molecular weight is 252 g/mol.